The van der Waals surface area contributed by atoms with Gasteiger partial charge in [0.2, 0.25) is 5.76 Å². The van der Waals surface area contributed by atoms with Crippen molar-refractivity contribution in [3.8, 4) is 6.07 Å². The molecule has 1 heterocycles. The molecule has 1 aromatic heterocycles. The zero-order valence-electron chi connectivity index (χ0n) is 11.1. The van der Waals surface area contributed by atoms with Crippen molar-refractivity contribution < 1.29 is 9.52 Å². The SMILES string of the molecule is CC(O)(CNCc1ccc(C#N)o1)c1ccccc1Cl. The monoisotopic (exact) mass is 290 g/mol. The summed E-state index contributed by atoms with van der Waals surface area (Å²) in [6.07, 6.45) is 0. The van der Waals surface area contributed by atoms with Gasteiger partial charge in [0.15, 0.2) is 0 Å². The molecule has 2 rings (SSSR count). The Kier molecular flexibility index (Phi) is 4.46. The Morgan fingerprint density at radius 2 is 2.10 bits per heavy atom. The van der Waals surface area contributed by atoms with E-state index in [9.17, 15) is 5.11 Å². The van der Waals surface area contributed by atoms with Gasteiger partial charge in [-0.05, 0) is 25.1 Å². The normalized spacial score (nSPS) is 13.7. The van der Waals surface area contributed by atoms with Crippen LogP contribution in [0.5, 0.6) is 0 Å². The highest BCUT2D eigenvalue weighted by Gasteiger charge is 2.24. The number of nitriles is 1. The van der Waals surface area contributed by atoms with Crippen LogP contribution in [0.25, 0.3) is 0 Å². The minimum atomic E-state index is -1.08. The number of aliphatic hydroxyl groups is 1. The molecule has 104 valence electrons. The Morgan fingerprint density at radius 3 is 2.75 bits per heavy atom. The maximum atomic E-state index is 10.5. The Labute approximate surface area is 122 Å². The lowest BCUT2D eigenvalue weighted by Gasteiger charge is -2.25. The van der Waals surface area contributed by atoms with E-state index in [4.69, 9.17) is 21.3 Å². The average molecular weight is 291 g/mol. The third-order valence-electron chi connectivity index (χ3n) is 2.99. The molecular formula is C15H15ClN2O2. The number of furan rings is 1. The van der Waals surface area contributed by atoms with Crippen molar-refractivity contribution in [3.05, 3.63) is 58.5 Å². The molecule has 2 aromatic rings. The van der Waals surface area contributed by atoms with Crippen LogP contribution in [0.15, 0.2) is 40.8 Å². The first-order valence-electron chi connectivity index (χ1n) is 6.20. The fourth-order valence-electron chi connectivity index (χ4n) is 1.96. The van der Waals surface area contributed by atoms with E-state index < -0.39 is 5.60 Å². The van der Waals surface area contributed by atoms with Gasteiger partial charge in [0.1, 0.15) is 17.4 Å². The highest BCUT2D eigenvalue weighted by Crippen LogP contribution is 2.27. The van der Waals surface area contributed by atoms with Gasteiger partial charge >= 0.3 is 0 Å². The highest BCUT2D eigenvalue weighted by molar-refractivity contribution is 6.31. The van der Waals surface area contributed by atoms with Gasteiger partial charge in [-0.1, -0.05) is 29.8 Å². The minimum absolute atomic E-state index is 0.277. The summed E-state index contributed by atoms with van der Waals surface area (Å²) in [5.41, 5.74) is -0.408. The molecule has 0 radical (unpaired) electrons. The zero-order valence-corrected chi connectivity index (χ0v) is 11.8. The summed E-state index contributed by atoms with van der Waals surface area (Å²) in [5, 5.41) is 22.8. The number of hydrogen-bond acceptors (Lipinski definition) is 4. The van der Waals surface area contributed by atoms with Crippen LogP contribution < -0.4 is 5.32 Å². The molecule has 2 N–H and O–H groups in total. The van der Waals surface area contributed by atoms with Crippen LogP contribution >= 0.6 is 11.6 Å². The van der Waals surface area contributed by atoms with Gasteiger partial charge in [-0.2, -0.15) is 5.26 Å². The van der Waals surface area contributed by atoms with Crippen molar-refractivity contribution in [2.45, 2.75) is 19.1 Å². The summed E-state index contributed by atoms with van der Waals surface area (Å²) < 4.78 is 5.25. The molecule has 1 unspecified atom stereocenters. The first-order chi connectivity index (χ1) is 9.53. The fourth-order valence-corrected chi connectivity index (χ4v) is 2.29. The van der Waals surface area contributed by atoms with Crippen LogP contribution in [0.3, 0.4) is 0 Å². The molecule has 5 heteroatoms. The Balaban J connectivity index is 1.96. The van der Waals surface area contributed by atoms with E-state index in [1.165, 1.54) is 0 Å². The predicted molar refractivity (Wildman–Crippen MR) is 76.2 cm³/mol. The smallest absolute Gasteiger partial charge is 0.203 e. The van der Waals surface area contributed by atoms with E-state index in [0.717, 1.165) is 0 Å². The third-order valence-corrected chi connectivity index (χ3v) is 3.32. The quantitative estimate of drug-likeness (QED) is 0.888. The lowest BCUT2D eigenvalue weighted by molar-refractivity contribution is 0.0563. The number of benzene rings is 1. The van der Waals surface area contributed by atoms with Crippen LogP contribution in [0.1, 0.15) is 24.0 Å². The summed E-state index contributed by atoms with van der Waals surface area (Å²) in [7, 11) is 0. The van der Waals surface area contributed by atoms with Crippen molar-refractivity contribution in [2.24, 2.45) is 0 Å². The zero-order chi connectivity index (χ0) is 14.6. The molecule has 0 saturated carbocycles. The van der Waals surface area contributed by atoms with Gasteiger partial charge in [0.05, 0.1) is 6.54 Å². The lowest BCUT2D eigenvalue weighted by Crippen LogP contribution is -2.35. The summed E-state index contributed by atoms with van der Waals surface area (Å²) in [6.45, 7) is 2.45. The van der Waals surface area contributed by atoms with Gasteiger partial charge in [0.25, 0.3) is 0 Å². The fraction of sp³-hybridized carbons (Fsp3) is 0.267. The van der Waals surface area contributed by atoms with E-state index in [2.05, 4.69) is 5.32 Å². The van der Waals surface area contributed by atoms with E-state index in [1.54, 1.807) is 31.2 Å². The van der Waals surface area contributed by atoms with Crippen molar-refractivity contribution in [1.82, 2.24) is 5.32 Å². The topological polar surface area (TPSA) is 69.2 Å². The number of hydrogen-bond donors (Lipinski definition) is 2. The van der Waals surface area contributed by atoms with E-state index in [1.807, 2.05) is 18.2 Å². The maximum absolute atomic E-state index is 10.5. The van der Waals surface area contributed by atoms with E-state index in [-0.39, 0.29) is 5.76 Å². The molecule has 0 spiro atoms. The van der Waals surface area contributed by atoms with Gasteiger partial charge < -0.3 is 14.8 Å². The molecule has 0 saturated heterocycles. The van der Waals surface area contributed by atoms with Crippen LogP contribution in [0, 0.1) is 11.3 Å². The summed E-state index contributed by atoms with van der Waals surface area (Å²) in [5.74, 6) is 0.927. The molecule has 4 nitrogen and oxygen atoms in total. The molecule has 0 amide bonds. The van der Waals surface area contributed by atoms with Gasteiger partial charge in [-0.15, -0.1) is 0 Å². The van der Waals surface area contributed by atoms with Crippen molar-refractivity contribution in [3.63, 3.8) is 0 Å². The third kappa shape index (κ3) is 3.40. The number of nitrogens with one attached hydrogen (secondary N) is 1. The predicted octanol–water partition coefficient (Wildman–Crippen LogP) is 2.80. The second-order valence-corrected chi connectivity index (χ2v) is 5.14. The Morgan fingerprint density at radius 1 is 1.35 bits per heavy atom. The van der Waals surface area contributed by atoms with E-state index in [0.29, 0.717) is 29.4 Å². The molecule has 1 aromatic carbocycles. The summed E-state index contributed by atoms with van der Waals surface area (Å²) >= 11 is 6.08. The summed E-state index contributed by atoms with van der Waals surface area (Å²) in [6, 6.07) is 12.5. The van der Waals surface area contributed by atoms with Gasteiger partial charge in [0, 0.05) is 17.1 Å². The van der Waals surface area contributed by atoms with Crippen molar-refractivity contribution in [1.29, 1.82) is 5.26 Å². The van der Waals surface area contributed by atoms with Crippen LogP contribution in [-0.4, -0.2) is 11.7 Å². The first-order valence-corrected chi connectivity index (χ1v) is 6.57. The largest absolute Gasteiger partial charge is 0.449 e. The van der Waals surface area contributed by atoms with Crippen LogP contribution in [0.2, 0.25) is 5.02 Å². The standard InChI is InChI=1S/C15H15ClN2O2/c1-15(19,13-4-2-3-5-14(13)16)10-18-9-12-7-6-11(8-17)20-12/h2-7,18-19H,9-10H2,1H3. The molecule has 0 bridgehead atoms. The Bertz CT molecular complexity index is 629. The lowest BCUT2D eigenvalue weighted by atomic mass is 9.96. The molecule has 0 aliphatic carbocycles. The molecule has 0 aliphatic rings. The molecular weight excluding hydrogens is 276 g/mol. The molecule has 0 fully saturated rings. The average Bonchev–Trinajstić information content (AvgIpc) is 2.87. The van der Waals surface area contributed by atoms with Crippen LogP contribution in [-0.2, 0) is 12.1 Å². The second-order valence-electron chi connectivity index (χ2n) is 4.74. The highest BCUT2D eigenvalue weighted by atomic mass is 35.5. The first kappa shape index (κ1) is 14.6. The number of nitrogens with zero attached hydrogens (tertiary/aromatic N) is 1. The van der Waals surface area contributed by atoms with Gasteiger partial charge in [-0.3, -0.25) is 0 Å². The van der Waals surface area contributed by atoms with Crippen molar-refractivity contribution >= 4 is 11.6 Å². The number of rotatable bonds is 5. The second kappa shape index (κ2) is 6.10. The van der Waals surface area contributed by atoms with E-state index >= 15 is 0 Å². The number of halogens is 1. The summed E-state index contributed by atoms with van der Waals surface area (Å²) in [4.78, 5) is 0. The van der Waals surface area contributed by atoms with Crippen LogP contribution in [0.4, 0.5) is 0 Å². The Hall–Kier alpha value is -1.80. The minimum Gasteiger partial charge on any atom is -0.449 e. The molecule has 1 atom stereocenters. The van der Waals surface area contributed by atoms with Gasteiger partial charge in [-0.25, -0.2) is 0 Å². The molecule has 20 heavy (non-hydrogen) atoms. The molecule has 0 aliphatic heterocycles. The van der Waals surface area contributed by atoms with Crippen molar-refractivity contribution in [2.75, 3.05) is 6.54 Å². The maximum Gasteiger partial charge on any atom is 0.203 e.